The smallest absolute Gasteiger partial charge is 0.253 e. The van der Waals surface area contributed by atoms with Crippen LogP contribution in [0.15, 0.2) is 59.3 Å². The van der Waals surface area contributed by atoms with Crippen LogP contribution in [0.3, 0.4) is 0 Å². The van der Waals surface area contributed by atoms with Gasteiger partial charge in [-0.3, -0.25) is 14.8 Å². The molecule has 0 atom stereocenters. The molecule has 0 spiro atoms. The molecule has 2 aromatic heterocycles. The number of hydrogen-bond acceptors (Lipinski definition) is 5. The third kappa shape index (κ3) is 4.40. The number of carbonyl (C=O) groups excluding carboxylic acids is 1. The molecule has 34 heavy (non-hydrogen) atoms. The predicted octanol–water partition coefficient (Wildman–Crippen LogP) is 6.04. The molecule has 1 aromatic carbocycles. The van der Waals surface area contributed by atoms with Gasteiger partial charge in [-0.2, -0.15) is 5.26 Å². The van der Waals surface area contributed by atoms with Gasteiger partial charge in [0, 0.05) is 39.8 Å². The molecule has 3 aromatic rings. The minimum Gasteiger partial charge on any atom is -0.489 e. The van der Waals surface area contributed by atoms with Gasteiger partial charge in [0.15, 0.2) is 0 Å². The third-order valence-corrected chi connectivity index (χ3v) is 7.23. The summed E-state index contributed by atoms with van der Waals surface area (Å²) >= 11 is 9.54. The average molecular weight is 540 g/mol. The van der Waals surface area contributed by atoms with Crippen LogP contribution in [0.25, 0.3) is 11.4 Å². The summed E-state index contributed by atoms with van der Waals surface area (Å²) in [7, 11) is 0. The van der Waals surface area contributed by atoms with E-state index >= 15 is 0 Å². The number of amides is 1. The molecule has 1 saturated carbocycles. The standard InChI is InChI=1S/C26H24BrClN4O2/c1-25(2)23(26(3,4)24(25)34-18-8-5-15(12-29)19(28)11-18)32-22(33)16-6-9-20(30-13-16)21-10-7-17(27)14-31-21/h5-11,13-14,23-24H,1-4H3,(H,32,33). The number of pyridine rings is 2. The number of benzene rings is 1. The highest BCUT2D eigenvalue weighted by molar-refractivity contribution is 9.10. The van der Waals surface area contributed by atoms with Crippen LogP contribution in [-0.2, 0) is 0 Å². The normalized spacial score (nSPS) is 20.0. The SMILES string of the molecule is CC1(C)C(NC(=O)c2ccc(-c3ccc(Br)cn3)nc2)C(C)(C)C1Oc1ccc(C#N)c(Cl)c1. The van der Waals surface area contributed by atoms with Crippen LogP contribution in [0.5, 0.6) is 5.75 Å². The van der Waals surface area contributed by atoms with Gasteiger partial charge < -0.3 is 10.1 Å². The van der Waals surface area contributed by atoms with Gasteiger partial charge in [-0.25, -0.2) is 0 Å². The van der Waals surface area contributed by atoms with Crippen LogP contribution < -0.4 is 10.1 Å². The number of aromatic nitrogens is 2. The zero-order valence-electron chi connectivity index (χ0n) is 19.3. The van der Waals surface area contributed by atoms with Gasteiger partial charge in [-0.05, 0) is 52.3 Å². The highest BCUT2D eigenvalue weighted by Gasteiger charge is 2.64. The average Bonchev–Trinajstić information content (AvgIpc) is 2.81. The fraction of sp³-hybridized carbons (Fsp3) is 0.308. The molecular weight excluding hydrogens is 516 g/mol. The summed E-state index contributed by atoms with van der Waals surface area (Å²) in [5, 5.41) is 12.6. The van der Waals surface area contributed by atoms with Crippen molar-refractivity contribution in [2.24, 2.45) is 10.8 Å². The first-order valence-corrected chi connectivity index (χ1v) is 12.0. The lowest BCUT2D eigenvalue weighted by atomic mass is 9.49. The fourth-order valence-corrected chi connectivity index (χ4v) is 5.46. The molecule has 1 aliphatic rings. The third-order valence-electron chi connectivity index (χ3n) is 6.45. The quantitative estimate of drug-likeness (QED) is 0.427. The maximum atomic E-state index is 13.0. The molecule has 0 aliphatic heterocycles. The Hall–Kier alpha value is -2.95. The highest BCUT2D eigenvalue weighted by Crippen LogP contribution is 2.55. The van der Waals surface area contributed by atoms with E-state index in [9.17, 15) is 4.79 Å². The maximum absolute atomic E-state index is 13.0. The number of carbonyl (C=O) groups is 1. The monoisotopic (exact) mass is 538 g/mol. The molecule has 0 unspecified atom stereocenters. The van der Waals surface area contributed by atoms with Crippen molar-refractivity contribution in [3.05, 3.63) is 75.5 Å². The van der Waals surface area contributed by atoms with E-state index in [0.717, 1.165) is 10.2 Å². The van der Waals surface area contributed by atoms with Crippen molar-refractivity contribution in [2.75, 3.05) is 0 Å². The van der Waals surface area contributed by atoms with E-state index in [2.05, 4.69) is 58.9 Å². The molecule has 1 amide bonds. The van der Waals surface area contributed by atoms with E-state index in [4.69, 9.17) is 21.6 Å². The maximum Gasteiger partial charge on any atom is 0.253 e. The molecule has 6 nitrogen and oxygen atoms in total. The van der Waals surface area contributed by atoms with Gasteiger partial charge in [0.05, 0.1) is 27.5 Å². The van der Waals surface area contributed by atoms with Crippen molar-refractivity contribution in [1.29, 1.82) is 5.26 Å². The van der Waals surface area contributed by atoms with Crippen molar-refractivity contribution >= 4 is 33.4 Å². The van der Waals surface area contributed by atoms with Crippen LogP contribution in [0.2, 0.25) is 5.02 Å². The molecule has 0 saturated heterocycles. The molecule has 4 rings (SSSR count). The Morgan fingerprint density at radius 1 is 1.06 bits per heavy atom. The molecular formula is C26H24BrClN4O2. The summed E-state index contributed by atoms with van der Waals surface area (Å²) < 4.78 is 7.18. The van der Waals surface area contributed by atoms with Gasteiger partial charge in [-0.15, -0.1) is 0 Å². The molecule has 1 aliphatic carbocycles. The lowest BCUT2D eigenvalue weighted by molar-refractivity contribution is -0.164. The molecule has 0 radical (unpaired) electrons. The number of nitrogens with zero attached hydrogens (tertiary/aromatic N) is 3. The van der Waals surface area contributed by atoms with Crippen molar-refractivity contribution < 1.29 is 9.53 Å². The van der Waals surface area contributed by atoms with Crippen LogP contribution in [0.1, 0.15) is 43.6 Å². The zero-order chi connectivity index (χ0) is 24.7. The van der Waals surface area contributed by atoms with E-state index in [1.165, 1.54) is 0 Å². The summed E-state index contributed by atoms with van der Waals surface area (Å²) in [5.74, 6) is 0.412. The molecule has 1 fully saturated rings. The first kappa shape index (κ1) is 24.2. The second-order valence-corrected chi connectivity index (χ2v) is 10.9. The molecule has 8 heteroatoms. The van der Waals surface area contributed by atoms with Gasteiger partial charge >= 0.3 is 0 Å². The van der Waals surface area contributed by atoms with Crippen LogP contribution in [-0.4, -0.2) is 28.0 Å². The van der Waals surface area contributed by atoms with Gasteiger partial charge in [0.2, 0.25) is 0 Å². The Labute approximate surface area is 212 Å². The van der Waals surface area contributed by atoms with Crippen LogP contribution >= 0.6 is 27.5 Å². The molecule has 1 N–H and O–H groups in total. The number of nitrogens with one attached hydrogen (secondary N) is 1. The van der Waals surface area contributed by atoms with Crippen molar-refractivity contribution in [3.8, 4) is 23.2 Å². The van der Waals surface area contributed by atoms with Crippen molar-refractivity contribution in [1.82, 2.24) is 15.3 Å². The van der Waals surface area contributed by atoms with E-state index in [-0.39, 0.29) is 28.9 Å². The summed E-state index contributed by atoms with van der Waals surface area (Å²) in [4.78, 5) is 21.8. The Morgan fingerprint density at radius 3 is 2.24 bits per heavy atom. The second-order valence-electron chi connectivity index (χ2n) is 9.59. The number of ether oxygens (including phenoxy) is 1. The Bertz CT molecular complexity index is 1250. The molecule has 0 bridgehead atoms. The van der Waals surface area contributed by atoms with E-state index in [0.29, 0.717) is 27.6 Å². The summed E-state index contributed by atoms with van der Waals surface area (Å²) in [6, 6.07) is 14.3. The Balaban J connectivity index is 1.46. The largest absolute Gasteiger partial charge is 0.489 e. The molecule has 2 heterocycles. The minimum absolute atomic E-state index is 0.126. The summed E-state index contributed by atoms with van der Waals surface area (Å²) in [6.45, 7) is 8.28. The topological polar surface area (TPSA) is 87.9 Å². The summed E-state index contributed by atoms with van der Waals surface area (Å²) in [6.07, 6.45) is 3.11. The first-order chi connectivity index (χ1) is 16.0. The van der Waals surface area contributed by atoms with Crippen LogP contribution in [0.4, 0.5) is 0 Å². The number of nitriles is 1. The number of halogens is 2. The van der Waals surface area contributed by atoms with E-state index in [1.54, 1.807) is 42.7 Å². The van der Waals surface area contributed by atoms with Crippen LogP contribution in [0, 0.1) is 22.2 Å². The second kappa shape index (κ2) is 9.01. The lowest BCUT2D eigenvalue weighted by Crippen LogP contribution is -2.74. The fourth-order valence-electron chi connectivity index (χ4n) is 5.02. The van der Waals surface area contributed by atoms with Gasteiger partial charge in [0.25, 0.3) is 5.91 Å². The lowest BCUT2D eigenvalue weighted by Gasteiger charge is -2.63. The Kier molecular flexibility index (Phi) is 6.41. The van der Waals surface area contributed by atoms with E-state index < -0.39 is 0 Å². The first-order valence-electron chi connectivity index (χ1n) is 10.8. The number of hydrogen-bond donors (Lipinski definition) is 1. The number of rotatable bonds is 5. The van der Waals surface area contributed by atoms with Gasteiger partial charge in [0.1, 0.15) is 17.9 Å². The zero-order valence-corrected chi connectivity index (χ0v) is 21.6. The summed E-state index contributed by atoms with van der Waals surface area (Å²) in [5.41, 5.74) is 1.64. The van der Waals surface area contributed by atoms with Crippen molar-refractivity contribution in [2.45, 2.75) is 39.8 Å². The van der Waals surface area contributed by atoms with E-state index in [1.807, 2.05) is 18.2 Å². The molecule has 174 valence electrons. The van der Waals surface area contributed by atoms with Gasteiger partial charge in [-0.1, -0.05) is 39.3 Å². The van der Waals surface area contributed by atoms with Crippen molar-refractivity contribution in [3.63, 3.8) is 0 Å². The predicted molar refractivity (Wildman–Crippen MR) is 135 cm³/mol. The Morgan fingerprint density at radius 2 is 1.71 bits per heavy atom. The highest BCUT2D eigenvalue weighted by atomic mass is 79.9. The minimum atomic E-state index is -0.339.